The summed E-state index contributed by atoms with van der Waals surface area (Å²) in [6, 6.07) is 9.58. The van der Waals surface area contributed by atoms with Crippen LogP contribution in [0.5, 0.6) is 11.5 Å². The molecule has 0 amide bonds. The highest BCUT2D eigenvalue weighted by molar-refractivity contribution is 5.67. The molecule has 1 aromatic carbocycles. The van der Waals surface area contributed by atoms with Crippen LogP contribution in [0.2, 0.25) is 0 Å². The van der Waals surface area contributed by atoms with Crippen molar-refractivity contribution in [3.8, 4) is 11.5 Å². The second-order valence-corrected chi connectivity index (χ2v) is 3.64. The highest BCUT2D eigenvalue weighted by Crippen LogP contribution is 2.14. The lowest BCUT2D eigenvalue weighted by Gasteiger charge is -1.99. The van der Waals surface area contributed by atoms with E-state index in [4.69, 9.17) is 14.3 Å². The fourth-order valence-electron chi connectivity index (χ4n) is 1.44. The Hall–Kier alpha value is -2.49. The molecule has 0 atom stereocenters. The number of aromatic hydroxyl groups is 1. The van der Waals surface area contributed by atoms with Crippen molar-refractivity contribution >= 4 is 12.2 Å². The molecule has 4 nitrogen and oxygen atoms in total. The Morgan fingerprint density at radius 3 is 2.56 bits per heavy atom. The zero-order chi connectivity index (χ0) is 13.0. The topological polar surface area (TPSA) is 59.7 Å². The quantitative estimate of drug-likeness (QED) is 0.901. The van der Waals surface area contributed by atoms with Crippen molar-refractivity contribution in [2.24, 2.45) is 0 Å². The van der Waals surface area contributed by atoms with Crippen molar-refractivity contribution in [3.63, 3.8) is 0 Å². The van der Waals surface area contributed by atoms with Crippen LogP contribution in [-0.4, -0.2) is 12.2 Å². The van der Waals surface area contributed by atoms with Gasteiger partial charge in [0.05, 0.1) is 13.2 Å². The first-order valence-electron chi connectivity index (χ1n) is 5.34. The maximum absolute atomic E-state index is 11.2. The van der Waals surface area contributed by atoms with Gasteiger partial charge in [0.25, 0.3) is 0 Å². The van der Waals surface area contributed by atoms with Gasteiger partial charge in [-0.25, -0.2) is 4.79 Å². The molecule has 1 heterocycles. The predicted octanol–water partition coefficient (Wildman–Crippen LogP) is 2.52. The van der Waals surface area contributed by atoms with Gasteiger partial charge in [-0.15, -0.1) is 0 Å². The Labute approximate surface area is 104 Å². The number of ether oxygens (including phenoxy) is 1. The summed E-state index contributed by atoms with van der Waals surface area (Å²) in [4.78, 5) is 11.2. The summed E-state index contributed by atoms with van der Waals surface area (Å²) in [5, 5.41) is 9.15. The Kier molecular flexibility index (Phi) is 3.48. The number of methoxy groups -OCH3 is 1. The zero-order valence-electron chi connectivity index (χ0n) is 9.79. The van der Waals surface area contributed by atoms with Crippen LogP contribution in [0.4, 0.5) is 0 Å². The number of phenols is 1. The summed E-state index contributed by atoms with van der Waals surface area (Å²) in [6.07, 6.45) is 3.44. The average Bonchev–Trinajstić information content (AvgIpc) is 2.37. The first-order valence-corrected chi connectivity index (χ1v) is 5.34. The van der Waals surface area contributed by atoms with E-state index >= 15 is 0 Å². The maximum atomic E-state index is 11.2. The second kappa shape index (κ2) is 5.23. The third-order valence-corrected chi connectivity index (χ3v) is 2.33. The normalized spacial score (nSPS) is 10.7. The van der Waals surface area contributed by atoms with Crippen LogP contribution in [0, 0.1) is 0 Å². The van der Waals surface area contributed by atoms with E-state index in [0.717, 1.165) is 5.56 Å². The number of rotatable bonds is 3. The molecule has 0 aliphatic heterocycles. The van der Waals surface area contributed by atoms with Gasteiger partial charge in [0.1, 0.15) is 17.3 Å². The van der Waals surface area contributed by atoms with Gasteiger partial charge in [-0.1, -0.05) is 18.2 Å². The molecule has 0 aliphatic rings. The molecule has 0 radical (unpaired) electrons. The fraction of sp³-hybridized carbons (Fsp3) is 0.0714. The van der Waals surface area contributed by atoms with E-state index in [2.05, 4.69) is 0 Å². The third-order valence-electron chi connectivity index (χ3n) is 2.33. The average molecular weight is 244 g/mol. The molecule has 0 spiro atoms. The van der Waals surface area contributed by atoms with Crippen molar-refractivity contribution in [2.45, 2.75) is 0 Å². The van der Waals surface area contributed by atoms with Crippen LogP contribution >= 0.6 is 0 Å². The molecule has 2 rings (SSSR count). The molecule has 2 aromatic rings. The Bertz CT molecular complexity index is 608. The molecule has 0 saturated heterocycles. The van der Waals surface area contributed by atoms with Crippen LogP contribution in [0.15, 0.2) is 45.6 Å². The molecule has 0 aliphatic carbocycles. The molecule has 1 aromatic heterocycles. The van der Waals surface area contributed by atoms with Crippen LogP contribution in [0.3, 0.4) is 0 Å². The lowest BCUT2D eigenvalue weighted by atomic mass is 10.2. The summed E-state index contributed by atoms with van der Waals surface area (Å²) in [5.74, 6) is 1.07. The van der Waals surface area contributed by atoms with Crippen molar-refractivity contribution in [1.29, 1.82) is 0 Å². The minimum Gasteiger partial charge on any atom is -0.508 e. The van der Waals surface area contributed by atoms with Crippen molar-refractivity contribution < 1.29 is 14.3 Å². The summed E-state index contributed by atoms with van der Waals surface area (Å²) in [5.41, 5.74) is 0.429. The van der Waals surface area contributed by atoms with E-state index in [1.54, 1.807) is 42.5 Å². The summed E-state index contributed by atoms with van der Waals surface area (Å²) >= 11 is 0. The predicted molar refractivity (Wildman–Crippen MR) is 68.6 cm³/mol. The van der Waals surface area contributed by atoms with Crippen LogP contribution < -0.4 is 10.4 Å². The van der Waals surface area contributed by atoms with Gasteiger partial charge in [0.15, 0.2) is 0 Å². The van der Waals surface area contributed by atoms with Gasteiger partial charge in [-0.05, 0) is 23.8 Å². The van der Waals surface area contributed by atoms with Gasteiger partial charge < -0.3 is 14.3 Å². The van der Waals surface area contributed by atoms with Crippen LogP contribution in [-0.2, 0) is 0 Å². The van der Waals surface area contributed by atoms with Crippen molar-refractivity contribution in [2.75, 3.05) is 7.11 Å². The number of hydrogen-bond donors (Lipinski definition) is 1. The highest BCUT2D eigenvalue weighted by atomic mass is 16.5. The van der Waals surface area contributed by atoms with Crippen molar-refractivity contribution in [1.82, 2.24) is 0 Å². The molecule has 18 heavy (non-hydrogen) atoms. The smallest absolute Gasteiger partial charge is 0.339 e. The molecule has 4 heteroatoms. The first-order chi connectivity index (χ1) is 8.67. The SMILES string of the molecule is COc1cc(/C=C/c2ccc(O)cc2)oc(=O)c1. The first kappa shape index (κ1) is 12.0. The largest absolute Gasteiger partial charge is 0.508 e. The summed E-state index contributed by atoms with van der Waals surface area (Å²) < 4.78 is 9.97. The van der Waals surface area contributed by atoms with Gasteiger partial charge >= 0.3 is 5.63 Å². The molecule has 0 saturated carbocycles. The van der Waals surface area contributed by atoms with E-state index in [9.17, 15) is 4.79 Å². The van der Waals surface area contributed by atoms with Crippen molar-refractivity contribution in [3.05, 3.63) is 58.1 Å². The van der Waals surface area contributed by atoms with Crippen LogP contribution in [0.1, 0.15) is 11.3 Å². The number of benzene rings is 1. The van der Waals surface area contributed by atoms with Gasteiger partial charge in [0, 0.05) is 6.07 Å². The van der Waals surface area contributed by atoms with E-state index in [1.807, 2.05) is 0 Å². The number of phenolic OH excluding ortho intramolecular Hbond substituents is 1. The van der Waals surface area contributed by atoms with E-state index in [1.165, 1.54) is 13.2 Å². The van der Waals surface area contributed by atoms with E-state index < -0.39 is 5.63 Å². The second-order valence-electron chi connectivity index (χ2n) is 3.64. The number of hydrogen-bond acceptors (Lipinski definition) is 4. The lowest BCUT2D eigenvalue weighted by molar-refractivity contribution is 0.400. The molecular weight excluding hydrogens is 232 g/mol. The molecule has 0 fully saturated rings. The maximum Gasteiger partial charge on any atom is 0.339 e. The molecule has 92 valence electrons. The van der Waals surface area contributed by atoms with E-state index in [-0.39, 0.29) is 5.75 Å². The Balaban J connectivity index is 2.25. The van der Waals surface area contributed by atoms with Gasteiger partial charge in [-0.2, -0.15) is 0 Å². The third kappa shape index (κ3) is 3.01. The van der Waals surface area contributed by atoms with Gasteiger partial charge in [0.2, 0.25) is 0 Å². The standard InChI is InChI=1S/C14H12O4/c1-17-13-8-12(18-14(16)9-13)7-4-10-2-5-11(15)6-3-10/h2-9,15H,1H3/b7-4+. The highest BCUT2D eigenvalue weighted by Gasteiger charge is 1.98. The minimum atomic E-state index is -0.459. The molecule has 1 N–H and O–H groups in total. The monoisotopic (exact) mass is 244 g/mol. The summed E-state index contributed by atoms with van der Waals surface area (Å²) in [7, 11) is 1.49. The Morgan fingerprint density at radius 1 is 1.17 bits per heavy atom. The fourth-order valence-corrected chi connectivity index (χ4v) is 1.44. The zero-order valence-corrected chi connectivity index (χ0v) is 9.79. The molecular formula is C14H12O4. The van der Waals surface area contributed by atoms with Crippen LogP contribution in [0.25, 0.3) is 12.2 Å². The molecule has 0 bridgehead atoms. The molecule has 0 unspecified atom stereocenters. The minimum absolute atomic E-state index is 0.208. The Morgan fingerprint density at radius 2 is 1.89 bits per heavy atom. The lowest BCUT2D eigenvalue weighted by Crippen LogP contribution is -1.98. The van der Waals surface area contributed by atoms with Gasteiger partial charge in [-0.3, -0.25) is 0 Å². The summed E-state index contributed by atoms with van der Waals surface area (Å²) in [6.45, 7) is 0. The van der Waals surface area contributed by atoms with E-state index in [0.29, 0.717) is 11.5 Å².